The van der Waals surface area contributed by atoms with Crippen LogP contribution >= 0.6 is 0 Å². The van der Waals surface area contributed by atoms with Gasteiger partial charge in [-0.15, -0.1) is 0 Å². The first-order valence-electron chi connectivity index (χ1n) is 29.0. The molecule has 5 nitrogen and oxygen atoms in total. The highest BCUT2D eigenvalue weighted by molar-refractivity contribution is 5.76. The van der Waals surface area contributed by atoms with Gasteiger partial charge in [0.05, 0.1) is 31.3 Å². The Kier molecular flexibility index (Phi) is 52.9. The third-order valence-corrected chi connectivity index (χ3v) is 13.8. The summed E-state index contributed by atoms with van der Waals surface area (Å²) in [5.74, 6) is -0.311. The van der Waals surface area contributed by atoms with Crippen LogP contribution in [0.5, 0.6) is 0 Å². The van der Waals surface area contributed by atoms with Crippen molar-refractivity contribution in [3.8, 4) is 0 Å². The number of rotatable bonds is 54. The molecular weight excluding hydrogens is 775 g/mol. The Morgan fingerprint density at radius 1 is 0.397 bits per heavy atom. The minimum Gasteiger partial charge on any atom is -0.394 e. The second-order valence-corrected chi connectivity index (χ2v) is 20.3. The molecule has 376 valence electrons. The number of aliphatic hydroxyl groups excluding tert-OH is 3. The van der Waals surface area contributed by atoms with E-state index in [9.17, 15) is 20.1 Å². The van der Waals surface area contributed by atoms with Gasteiger partial charge in [-0.25, -0.2) is 0 Å². The molecule has 0 fully saturated rings. The summed E-state index contributed by atoms with van der Waals surface area (Å²) in [5.41, 5.74) is 0. The summed E-state index contributed by atoms with van der Waals surface area (Å²) in [6, 6.07) is -0.739. The molecule has 3 unspecified atom stereocenters. The summed E-state index contributed by atoms with van der Waals surface area (Å²) in [6.45, 7) is 4.23. The zero-order chi connectivity index (χ0) is 45.8. The SMILES string of the molecule is CCCCCCCCCCC/C=C/C(O)C(CO)NC(=O)CC(O)CCCCCCCCCCCCCCCCCCCCCCCCCCCCCCCCCCCCCCC. The van der Waals surface area contributed by atoms with Crippen LogP contribution in [0.2, 0.25) is 0 Å². The van der Waals surface area contributed by atoms with Crippen molar-refractivity contribution in [2.45, 2.75) is 347 Å². The standard InChI is InChI=1S/C58H115NO4/c1-3-5-7-9-11-13-15-16-17-18-19-20-21-22-23-24-25-26-27-28-29-30-31-32-33-34-35-36-37-38-39-40-42-43-45-47-49-51-55(61)53-58(63)59-56(54-60)57(62)52-50-48-46-44-41-14-12-10-8-6-4-2/h50,52,55-57,60-62H,3-49,51,53-54H2,1-2H3,(H,59,63)/b52-50+. The Bertz CT molecular complexity index is 894. The van der Waals surface area contributed by atoms with Crippen LogP contribution in [0, 0.1) is 0 Å². The Hall–Kier alpha value is -0.910. The quantitative estimate of drug-likeness (QED) is 0.0362. The maximum atomic E-state index is 12.5. The van der Waals surface area contributed by atoms with Crippen LogP contribution in [0.4, 0.5) is 0 Å². The van der Waals surface area contributed by atoms with E-state index in [0.29, 0.717) is 6.42 Å². The third kappa shape index (κ3) is 50.3. The molecule has 0 spiro atoms. The first-order chi connectivity index (χ1) is 31.0. The first kappa shape index (κ1) is 62.1. The van der Waals surface area contributed by atoms with Gasteiger partial charge in [-0.1, -0.05) is 315 Å². The number of carbonyl (C=O) groups excluding carboxylic acids is 1. The lowest BCUT2D eigenvalue weighted by Crippen LogP contribution is -2.45. The molecule has 1 amide bonds. The molecule has 0 aromatic heterocycles. The lowest BCUT2D eigenvalue weighted by Gasteiger charge is -2.21. The molecule has 5 heteroatoms. The van der Waals surface area contributed by atoms with Gasteiger partial charge < -0.3 is 20.6 Å². The van der Waals surface area contributed by atoms with Crippen LogP contribution in [0.3, 0.4) is 0 Å². The number of hydrogen-bond donors (Lipinski definition) is 4. The number of allylic oxidation sites excluding steroid dienone is 1. The van der Waals surface area contributed by atoms with Crippen molar-refractivity contribution >= 4 is 5.91 Å². The number of hydrogen-bond acceptors (Lipinski definition) is 4. The number of amides is 1. The molecule has 3 atom stereocenters. The topological polar surface area (TPSA) is 89.8 Å². The molecule has 4 N–H and O–H groups in total. The van der Waals surface area contributed by atoms with Gasteiger partial charge in [-0.3, -0.25) is 4.79 Å². The molecule has 0 radical (unpaired) electrons. The van der Waals surface area contributed by atoms with Crippen LogP contribution in [0.1, 0.15) is 328 Å². The molecule has 0 heterocycles. The molecule has 0 bridgehead atoms. The van der Waals surface area contributed by atoms with E-state index in [1.54, 1.807) is 6.08 Å². The third-order valence-electron chi connectivity index (χ3n) is 13.8. The molecule has 0 saturated heterocycles. The first-order valence-corrected chi connectivity index (χ1v) is 29.0. The molecule has 0 aliphatic heterocycles. The van der Waals surface area contributed by atoms with Crippen molar-refractivity contribution in [1.82, 2.24) is 5.32 Å². The van der Waals surface area contributed by atoms with Crippen molar-refractivity contribution in [3.63, 3.8) is 0 Å². The molecule has 0 rings (SSSR count). The van der Waals surface area contributed by atoms with E-state index in [2.05, 4.69) is 19.2 Å². The van der Waals surface area contributed by atoms with Gasteiger partial charge in [-0.2, -0.15) is 0 Å². The number of aliphatic hydroxyl groups is 3. The van der Waals surface area contributed by atoms with E-state index in [1.165, 1.54) is 276 Å². The predicted molar refractivity (Wildman–Crippen MR) is 278 cm³/mol. The van der Waals surface area contributed by atoms with Crippen molar-refractivity contribution < 1.29 is 20.1 Å². The second-order valence-electron chi connectivity index (χ2n) is 20.3. The van der Waals surface area contributed by atoms with Crippen LogP contribution in [-0.2, 0) is 4.79 Å². The molecular formula is C58H115NO4. The van der Waals surface area contributed by atoms with Crippen LogP contribution < -0.4 is 5.32 Å². The van der Waals surface area contributed by atoms with Crippen molar-refractivity contribution in [1.29, 1.82) is 0 Å². The highest BCUT2D eigenvalue weighted by Crippen LogP contribution is 2.18. The smallest absolute Gasteiger partial charge is 0.222 e. The van der Waals surface area contributed by atoms with Crippen molar-refractivity contribution in [2.24, 2.45) is 0 Å². The van der Waals surface area contributed by atoms with E-state index < -0.39 is 18.2 Å². The Morgan fingerprint density at radius 2 is 0.651 bits per heavy atom. The van der Waals surface area contributed by atoms with E-state index in [1.807, 2.05) is 6.08 Å². The maximum Gasteiger partial charge on any atom is 0.222 e. The molecule has 0 aromatic carbocycles. The minimum atomic E-state index is -0.924. The van der Waals surface area contributed by atoms with E-state index in [0.717, 1.165) is 25.7 Å². The zero-order valence-corrected chi connectivity index (χ0v) is 43.0. The fourth-order valence-electron chi connectivity index (χ4n) is 9.40. The maximum absolute atomic E-state index is 12.5. The van der Waals surface area contributed by atoms with Gasteiger partial charge in [0.2, 0.25) is 5.91 Å². The average Bonchev–Trinajstić information content (AvgIpc) is 3.28. The minimum absolute atomic E-state index is 0.0189. The molecule has 0 aliphatic rings. The summed E-state index contributed by atoms with van der Waals surface area (Å²) in [5, 5.41) is 33.3. The molecule has 0 saturated carbocycles. The summed E-state index contributed by atoms with van der Waals surface area (Å²) >= 11 is 0. The largest absolute Gasteiger partial charge is 0.394 e. The summed E-state index contributed by atoms with van der Waals surface area (Å²) in [4.78, 5) is 12.5. The van der Waals surface area contributed by atoms with Crippen LogP contribution in [0.15, 0.2) is 12.2 Å². The zero-order valence-electron chi connectivity index (χ0n) is 43.0. The lowest BCUT2D eigenvalue weighted by molar-refractivity contribution is -0.124. The second kappa shape index (κ2) is 53.7. The van der Waals surface area contributed by atoms with Gasteiger partial charge in [0.15, 0.2) is 0 Å². The van der Waals surface area contributed by atoms with Gasteiger partial charge in [0.25, 0.3) is 0 Å². The molecule has 0 aromatic rings. The van der Waals surface area contributed by atoms with Gasteiger partial charge in [0.1, 0.15) is 0 Å². The number of unbranched alkanes of at least 4 members (excludes halogenated alkanes) is 45. The lowest BCUT2D eigenvalue weighted by atomic mass is 10.0. The van der Waals surface area contributed by atoms with Crippen LogP contribution in [-0.4, -0.2) is 46.1 Å². The van der Waals surface area contributed by atoms with E-state index >= 15 is 0 Å². The van der Waals surface area contributed by atoms with Gasteiger partial charge in [0, 0.05) is 0 Å². The monoisotopic (exact) mass is 890 g/mol. The summed E-state index contributed by atoms with van der Waals surface area (Å²) in [7, 11) is 0. The van der Waals surface area contributed by atoms with Crippen molar-refractivity contribution in [2.75, 3.05) is 6.61 Å². The fourth-order valence-corrected chi connectivity index (χ4v) is 9.40. The van der Waals surface area contributed by atoms with E-state index in [4.69, 9.17) is 0 Å². The Morgan fingerprint density at radius 3 is 0.921 bits per heavy atom. The summed E-state index contributed by atoms with van der Waals surface area (Å²) < 4.78 is 0. The number of carbonyl (C=O) groups is 1. The van der Waals surface area contributed by atoms with E-state index in [-0.39, 0.29) is 18.9 Å². The van der Waals surface area contributed by atoms with Crippen LogP contribution in [0.25, 0.3) is 0 Å². The highest BCUT2D eigenvalue weighted by Gasteiger charge is 2.20. The molecule has 0 aliphatic carbocycles. The Labute approximate surface area is 395 Å². The Balaban J connectivity index is 3.39. The molecule has 63 heavy (non-hydrogen) atoms. The van der Waals surface area contributed by atoms with Gasteiger partial charge >= 0.3 is 0 Å². The summed E-state index contributed by atoms with van der Waals surface area (Å²) in [6.07, 6.45) is 67.3. The van der Waals surface area contributed by atoms with Crippen molar-refractivity contribution in [3.05, 3.63) is 12.2 Å². The predicted octanol–water partition coefficient (Wildman–Crippen LogP) is 17.9. The van der Waals surface area contributed by atoms with Gasteiger partial charge in [-0.05, 0) is 19.3 Å². The number of nitrogens with one attached hydrogen (secondary N) is 1. The normalized spacial score (nSPS) is 13.3. The average molecular weight is 891 g/mol. The highest BCUT2D eigenvalue weighted by atomic mass is 16.3. The fraction of sp³-hybridized carbons (Fsp3) is 0.948.